The molecule has 0 aliphatic carbocycles. The second-order valence-electron chi connectivity index (χ2n) is 4.76. The van der Waals surface area contributed by atoms with Crippen LogP contribution in [0.2, 0.25) is 10.0 Å². The molecule has 3 aromatic rings. The molecular weight excluding hydrogens is 351 g/mol. The standard InChI is InChI=1S/C17H12Cl2N2OS/c18-12-5-3-7-14(17(12)19)21-16(22)10-23-15-8-9-20-13-6-2-1-4-11(13)15/h1-9H,10H2,(H,21,22). The fraction of sp³-hybridized carbons (Fsp3) is 0.0588. The van der Waals surface area contributed by atoms with E-state index in [1.165, 1.54) is 11.8 Å². The van der Waals surface area contributed by atoms with Crippen molar-refractivity contribution in [1.82, 2.24) is 4.98 Å². The Hall–Kier alpha value is -1.75. The number of amides is 1. The van der Waals surface area contributed by atoms with E-state index in [0.717, 1.165) is 15.8 Å². The second kappa shape index (κ2) is 7.21. The molecule has 0 atom stereocenters. The van der Waals surface area contributed by atoms with Crippen LogP contribution in [0.5, 0.6) is 0 Å². The summed E-state index contributed by atoms with van der Waals surface area (Å²) in [6.07, 6.45) is 1.75. The minimum Gasteiger partial charge on any atom is -0.324 e. The number of carbonyl (C=O) groups is 1. The number of fused-ring (bicyclic) bond motifs is 1. The third-order valence-corrected chi connectivity index (χ3v) is 5.09. The number of hydrogen-bond acceptors (Lipinski definition) is 3. The van der Waals surface area contributed by atoms with Crippen molar-refractivity contribution in [3.8, 4) is 0 Å². The molecule has 3 nitrogen and oxygen atoms in total. The summed E-state index contributed by atoms with van der Waals surface area (Å²) >= 11 is 13.5. The Labute approximate surface area is 148 Å². The first-order valence-electron chi connectivity index (χ1n) is 6.85. The van der Waals surface area contributed by atoms with Gasteiger partial charge < -0.3 is 5.32 Å². The maximum Gasteiger partial charge on any atom is 0.234 e. The van der Waals surface area contributed by atoms with E-state index in [1.807, 2.05) is 30.3 Å². The number of rotatable bonds is 4. The van der Waals surface area contributed by atoms with Crippen molar-refractivity contribution in [2.75, 3.05) is 11.1 Å². The van der Waals surface area contributed by atoms with Crippen LogP contribution < -0.4 is 5.32 Å². The maximum atomic E-state index is 12.1. The van der Waals surface area contributed by atoms with E-state index in [-0.39, 0.29) is 11.7 Å². The highest BCUT2D eigenvalue weighted by Gasteiger charge is 2.10. The number of aromatic nitrogens is 1. The highest BCUT2D eigenvalue weighted by molar-refractivity contribution is 8.00. The summed E-state index contributed by atoms with van der Waals surface area (Å²) < 4.78 is 0. The molecule has 116 valence electrons. The van der Waals surface area contributed by atoms with Crippen LogP contribution >= 0.6 is 35.0 Å². The molecule has 0 unspecified atom stereocenters. The van der Waals surface area contributed by atoms with E-state index in [1.54, 1.807) is 24.4 Å². The molecule has 1 heterocycles. The molecule has 6 heteroatoms. The van der Waals surface area contributed by atoms with Crippen molar-refractivity contribution in [3.05, 3.63) is 64.8 Å². The van der Waals surface area contributed by atoms with Crippen molar-refractivity contribution in [3.63, 3.8) is 0 Å². The first kappa shape index (κ1) is 16.1. The van der Waals surface area contributed by atoms with Crippen LogP contribution in [0.1, 0.15) is 0 Å². The molecule has 0 saturated carbocycles. The van der Waals surface area contributed by atoms with Gasteiger partial charge in [0.1, 0.15) is 0 Å². The van der Waals surface area contributed by atoms with Gasteiger partial charge in [-0.3, -0.25) is 9.78 Å². The molecule has 0 saturated heterocycles. The third-order valence-electron chi connectivity index (χ3n) is 3.19. The summed E-state index contributed by atoms with van der Waals surface area (Å²) in [5, 5.41) is 4.58. The summed E-state index contributed by atoms with van der Waals surface area (Å²) in [6.45, 7) is 0. The van der Waals surface area contributed by atoms with E-state index < -0.39 is 0 Å². The van der Waals surface area contributed by atoms with Gasteiger partial charge in [0, 0.05) is 16.5 Å². The van der Waals surface area contributed by atoms with Gasteiger partial charge in [0.2, 0.25) is 5.91 Å². The van der Waals surface area contributed by atoms with Gasteiger partial charge in [0.05, 0.1) is 27.0 Å². The van der Waals surface area contributed by atoms with Gasteiger partial charge in [-0.05, 0) is 24.3 Å². The Kier molecular flexibility index (Phi) is 5.06. The molecule has 0 bridgehead atoms. The van der Waals surface area contributed by atoms with E-state index in [4.69, 9.17) is 23.2 Å². The van der Waals surface area contributed by atoms with Crippen LogP contribution in [0.4, 0.5) is 5.69 Å². The minimum absolute atomic E-state index is 0.139. The number of anilines is 1. The van der Waals surface area contributed by atoms with Gasteiger partial charge in [-0.2, -0.15) is 0 Å². The smallest absolute Gasteiger partial charge is 0.234 e. The lowest BCUT2D eigenvalue weighted by Gasteiger charge is -2.09. The topological polar surface area (TPSA) is 42.0 Å². The predicted molar refractivity (Wildman–Crippen MR) is 97.6 cm³/mol. The fourth-order valence-electron chi connectivity index (χ4n) is 2.13. The van der Waals surface area contributed by atoms with Crippen molar-refractivity contribution in [2.24, 2.45) is 0 Å². The summed E-state index contributed by atoms with van der Waals surface area (Å²) in [6, 6.07) is 14.9. The fourth-order valence-corrected chi connectivity index (χ4v) is 3.32. The number of halogens is 2. The minimum atomic E-state index is -0.139. The van der Waals surface area contributed by atoms with Gasteiger partial charge in [0.25, 0.3) is 0 Å². The van der Waals surface area contributed by atoms with Gasteiger partial charge in [-0.1, -0.05) is 47.5 Å². The van der Waals surface area contributed by atoms with Crippen LogP contribution in [-0.4, -0.2) is 16.6 Å². The molecule has 0 radical (unpaired) electrons. The van der Waals surface area contributed by atoms with Crippen LogP contribution in [0, 0.1) is 0 Å². The Morgan fingerprint density at radius 3 is 2.78 bits per heavy atom. The normalized spacial score (nSPS) is 10.7. The zero-order chi connectivity index (χ0) is 16.2. The van der Waals surface area contributed by atoms with E-state index in [9.17, 15) is 4.79 Å². The molecule has 3 rings (SSSR count). The van der Waals surface area contributed by atoms with Crippen molar-refractivity contribution in [1.29, 1.82) is 0 Å². The number of nitrogens with one attached hydrogen (secondary N) is 1. The Bertz CT molecular complexity index is 865. The van der Waals surface area contributed by atoms with Gasteiger partial charge in [-0.15, -0.1) is 11.8 Å². The van der Waals surface area contributed by atoms with E-state index in [2.05, 4.69) is 10.3 Å². The maximum absolute atomic E-state index is 12.1. The first-order valence-corrected chi connectivity index (χ1v) is 8.60. The van der Waals surface area contributed by atoms with Crippen LogP contribution in [0.3, 0.4) is 0 Å². The molecule has 0 fully saturated rings. The number of benzene rings is 2. The number of pyridine rings is 1. The summed E-state index contributed by atoms with van der Waals surface area (Å²) in [4.78, 5) is 17.5. The Balaban J connectivity index is 1.70. The zero-order valence-electron chi connectivity index (χ0n) is 11.9. The molecule has 0 spiro atoms. The molecule has 1 aromatic heterocycles. The molecule has 23 heavy (non-hydrogen) atoms. The Morgan fingerprint density at radius 1 is 1.09 bits per heavy atom. The molecule has 2 aromatic carbocycles. The van der Waals surface area contributed by atoms with Gasteiger partial charge >= 0.3 is 0 Å². The molecular formula is C17H12Cl2N2OS. The number of hydrogen-bond donors (Lipinski definition) is 1. The van der Waals surface area contributed by atoms with Crippen LogP contribution in [0.15, 0.2) is 59.6 Å². The highest BCUT2D eigenvalue weighted by atomic mass is 35.5. The summed E-state index contributed by atoms with van der Waals surface area (Å²) in [5.74, 6) is 0.136. The molecule has 0 aliphatic heterocycles. The van der Waals surface area contributed by atoms with Crippen molar-refractivity contribution in [2.45, 2.75) is 4.90 Å². The van der Waals surface area contributed by atoms with E-state index in [0.29, 0.717) is 15.7 Å². The molecule has 1 N–H and O–H groups in total. The van der Waals surface area contributed by atoms with Crippen molar-refractivity contribution < 1.29 is 4.79 Å². The number of carbonyl (C=O) groups excluding carboxylic acids is 1. The zero-order valence-corrected chi connectivity index (χ0v) is 14.3. The van der Waals surface area contributed by atoms with Gasteiger partial charge in [-0.25, -0.2) is 0 Å². The van der Waals surface area contributed by atoms with Gasteiger partial charge in [0.15, 0.2) is 0 Å². The average molecular weight is 363 g/mol. The quantitative estimate of drug-likeness (QED) is 0.642. The average Bonchev–Trinajstić information content (AvgIpc) is 2.57. The second-order valence-corrected chi connectivity index (χ2v) is 6.57. The first-order chi connectivity index (χ1) is 11.1. The van der Waals surface area contributed by atoms with E-state index >= 15 is 0 Å². The third kappa shape index (κ3) is 3.78. The predicted octanol–water partition coefficient (Wildman–Crippen LogP) is 5.27. The summed E-state index contributed by atoms with van der Waals surface area (Å²) in [5.41, 5.74) is 1.43. The number of thioether (sulfide) groups is 1. The molecule has 0 aliphatic rings. The lowest BCUT2D eigenvalue weighted by atomic mass is 10.2. The lowest BCUT2D eigenvalue weighted by Crippen LogP contribution is -2.14. The summed E-state index contributed by atoms with van der Waals surface area (Å²) in [7, 11) is 0. The SMILES string of the molecule is O=C(CSc1ccnc2ccccc12)Nc1cccc(Cl)c1Cl. The monoisotopic (exact) mass is 362 g/mol. The van der Waals surface area contributed by atoms with Crippen LogP contribution in [0.25, 0.3) is 10.9 Å². The highest BCUT2D eigenvalue weighted by Crippen LogP contribution is 2.30. The van der Waals surface area contributed by atoms with Crippen LogP contribution in [-0.2, 0) is 4.79 Å². The Morgan fingerprint density at radius 2 is 1.91 bits per heavy atom. The molecule has 1 amide bonds. The van der Waals surface area contributed by atoms with Crippen molar-refractivity contribution >= 4 is 57.5 Å². The largest absolute Gasteiger partial charge is 0.324 e. The number of para-hydroxylation sites is 1. The number of nitrogens with zero attached hydrogens (tertiary/aromatic N) is 1. The lowest BCUT2D eigenvalue weighted by molar-refractivity contribution is -0.113.